The topological polar surface area (TPSA) is 34.2 Å². The molecule has 0 bridgehead atoms. The summed E-state index contributed by atoms with van der Waals surface area (Å²) in [4.78, 5) is 5.94. The molecule has 4 heteroatoms. The van der Waals surface area contributed by atoms with Gasteiger partial charge in [0, 0.05) is 11.6 Å². The van der Waals surface area contributed by atoms with Gasteiger partial charge in [-0.3, -0.25) is 0 Å². The van der Waals surface area contributed by atoms with Crippen LogP contribution in [0.1, 0.15) is 32.6 Å². The lowest BCUT2D eigenvalue weighted by molar-refractivity contribution is 0.109. The summed E-state index contributed by atoms with van der Waals surface area (Å²) in [6, 6.07) is 8.49. The molecule has 1 N–H and O–H groups in total. The van der Waals surface area contributed by atoms with Crippen LogP contribution in [0.4, 0.5) is 5.13 Å². The molecule has 2 heterocycles. The van der Waals surface area contributed by atoms with Crippen molar-refractivity contribution in [2.24, 2.45) is 0 Å². The summed E-state index contributed by atoms with van der Waals surface area (Å²) in [7, 11) is 0. The molecule has 0 unspecified atom stereocenters. The third-order valence-corrected chi connectivity index (χ3v) is 4.38. The smallest absolute Gasteiger partial charge is 0.183 e. The molecule has 0 radical (unpaired) electrons. The quantitative estimate of drug-likeness (QED) is 0.888. The molecule has 2 aromatic rings. The number of nitrogens with zero attached hydrogens (tertiary/aromatic N) is 1. The second kappa shape index (κ2) is 4.23. The van der Waals surface area contributed by atoms with Crippen molar-refractivity contribution in [3.05, 3.63) is 29.1 Å². The van der Waals surface area contributed by atoms with E-state index in [-0.39, 0.29) is 5.60 Å². The lowest BCUT2D eigenvalue weighted by atomic mass is 9.97. The van der Waals surface area contributed by atoms with Crippen molar-refractivity contribution in [3.63, 3.8) is 0 Å². The molecule has 0 saturated heterocycles. The molecule has 0 atom stereocenters. The number of anilines is 1. The van der Waals surface area contributed by atoms with Crippen LogP contribution in [0.15, 0.2) is 24.3 Å². The number of para-hydroxylation sites is 1. The fourth-order valence-corrected chi connectivity index (χ4v) is 3.46. The normalized spacial score (nSPS) is 15.6. The maximum absolute atomic E-state index is 6.11. The van der Waals surface area contributed by atoms with Crippen LogP contribution in [-0.2, 0) is 5.60 Å². The summed E-state index contributed by atoms with van der Waals surface area (Å²) in [5.74, 6) is 0.918. The van der Waals surface area contributed by atoms with Gasteiger partial charge in [-0.25, -0.2) is 4.98 Å². The average Bonchev–Trinajstić information content (AvgIpc) is 2.72. The number of hydrogen-bond acceptors (Lipinski definition) is 4. The van der Waals surface area contributed by atoms with Crippen molar-refractivity contribution in [2.45, 2.75) is 39.3 Å². The zero-order valence-electron chi connectivity index (χ0n) is 11.7. The molecule has 100 valence electrons. The number of rotatable bonds is 2. The van der Waals surface area contributed by atoms with Crippen molar-refractivity contribution in [3.8, 4) is 17.0 Å². The van der Waals surface area contributed by atoms with Crippen LogP contribution in [0.2, 0.25) is 0 Å². The van der Waals surface area contributed by atoms with E-state index < -0.39 is 0 Å². The van der Waals surface area contributed by atoms with E-state index in [1.54, 1.807) is 11.3 Å². The first-order valence-corrected chi connectivity index (χ1v) is 7.35. The van der Waals surface area contributed by atoms with Crippen LogP contribution in [0.3, 0.4) is 0 Å². The standard InChI is InChI=1S/C15H18N2OS/c1-9(2)16-14-17-12-10-7-5-6-8-11(10)18-15(3,4)13(12)19-14/h5-9H,1-4H3,(H,16,17). The Morgan fingerprint density at radius 3 is 2.74 bits per heavy atom. The lowest BCUT2D eigenvalue weighted by Gasteiger charge is -2.31. The van der Waals surface area contributed by atoms with Crippen molar-refractivity contribution in [1.82, 2.24) is 4.98 Å². The minimum atomic E-state index is -0.321. The van der Waals surface area contributed by atoms with Crippen LogP contribution in [0, 0.1) is 0 Å². The molecular weight excluding hydrogens is 256 g/mol. The highest BCUT2D eigenvalue weighted by molar-refractivity contribution is 7.16. The highest BCUT2D eigenvalue weighted by atomic mass is 32.1. The van der Waals surface area contributed by atoms with Gasteiger partial charge in [-0.2, -0.15) is 0 Å². The first-order valence-electron chi connectivity index (χ1n) is 6.53. The Bertz CT molecular complexity index is 616. The molecule has 1 aromatic heterocycles. The van der Waals surface area contributed by atoms with Crippen LogP contribution in [0.25, 0.3) is 11.3 Å². The highest BCUT2D eigenvalue weighted by Crippen LogP contribution is 2.48. The highest BCUT2D eigenvalue weighted by Gasteiger charge is 2.36. The Labute approximate surface area is 117 Å². The van der Waals surface area contributed by atoms with Crippen molar-refractivity contribution >= 4 is 16.5 Å². The SMILES string of the molecule is CC(C)Nc1nc2c(s1)C(C)(C)Oc1ccccc1-2. The Hall–Kier alpha value is -1.55. The molecule has 1 aromatic carbocycles. The fourth-order valence-electron chi connectivity index (χ4n) is 2.29. The van der Waals surface area contributed by atoms with Crippen LogP contribution in [0.5, 0.6) is 5.75 Å². The van der Waals surface area contributed by atoms with E-state index in [2.05, 4.69) is 39.1 Å². The minimum absolute atomic E-state index is 0.321. The Morgan fingerprint density at radius 2 is 2.00 bits per heavy atom. The second-order valence-corrected chi connectivity index (χ2v) is 6.60. The second-order valence-electron chi connectivity index (χ2n) is 5.60. The van der Waals surface area contributed by atoms with Gasteiger partial charge >= 0.3 is 0 Å². The number of thiazole rings is 1. The predicted molar refractivity (Wildman–Crippen MR) is 80.0 cm³/mol. The van der Waals surface area contributed by atoms with E-state index in [4.69, 9.17) is 9.72 Å². The van der Waals surface area contributed by atoms with Crippen molar-refractivity contribution in [1.29, 1.82) is 0 Å². The molecule has 3 rings (SSSR count). The lowest BCUT2D eigenvalue weighted by Crippen LogP contribution is -2.27. The first-order chi connectivity index (χ1) is 8.97. The fraction of sp³-hybridized carbons (Fsp3) is 0.400. The molecule has 0 spiro atoms. The molecule has 3 nitrogen and oxygen atoms in total. The summed E-state index contributed by atoms with van der Waals surface area (Å²) in [5.41, 5.74) is 1.82. The van der Waals surface area contributed by atoms with E-state index in [1.807, 2.05) is 18.2 Å². The first kappa shape index (κ1) is 12.5. The maximum Gasteiger partial charge on any atom is 0.183 e. The van der Waals surface area contributed by atoms with E-state index in [0.717, 1.165) is 22.1 Å². The van der Waals surface area contributed by atoms with Gasteiger partial charge in [-0.05, 0) is 39.8 Å². The number of aromatic nitrogens is 1. The van der Waals surface area contributed by atoms with E-state index in [0.29, 0.717) is 6.04 Å². The van der Waals surface area contributed by atoms with Crippen molar-refractivity contribution in [2.75, 3.05) is 5.32 Å². The number of ether oxygens (including phenoxy) is 1. The monoisotopic (exact) mass is 274 g/mol. The summed E-state index contributed by atoms with van der Waals surface area (Å²) in [5, 5.41) is 4.35. The summed E-state index contributed by atoms with van der Waals surface area (Å²) in [6.07, 6.45) is 0. The van der Waals surface area contributed by atoms with Gasteiger partial charge in [0.05, 0.1) is 10.6 Å². The molecule has 0 amide bonds. The van der Waals surface area contributed by atoms with Crippen molar-refractivity contribution < 1.29 is 4.74 Å². The van der Waals surface area contributed by atoms with Gasteiger partial charge in [-0.15, -0.1) is 0 Å². The van der Waals surface area contributed by atoms with Gasteiger partial charge < -0.3 is 10.1 Å². The molecule has 19 heavy (non-hydrogen) atoms. The number of fused-ring (bicyclic) bond motifs is 3. The summed E-state index contributed by atoms with van der Waals surface area (Å²) >= 11 is 1.69. The maximum atomic E-state index is 6.11. The van der Waals surface area contributed by atoms with E-state index >= 15 is 0 Å². The molecule has 1 aliphatic heterocycles. The molecule has 0 saturated carbocycles. The molecular formula is C15H18N2OS. The van der Waals surface area contributed by atoms with Gasteiger partial charge in [0.1, 0.15) is 11.4 Å². The van der Waals surface area contributed by atoms with Gasteiger partial charge in [0.25, 0.3) is 0 Å². The number of hydrogen-bond donors (Lipinski definition) is 1. The number of nitrogens with one attached hydrogen (secondary N) is 1. The van der Waals surface area contributed by atoms with Crippen LogP contribution >= 0.6 is 11.3 Å². The number of benzene rings is 1. The van der Waals surface area contributed by atoms with E-state index in [9.17, 15) is 0 Å². The largest absolute Gasteiger partial charge is 0.482 e. The molecule has 1 aliphatic rings. The minimum Gasteiger partial charge on any atom is -0.482 e. The van der Waals surface area contributed by atoms with Gasteiger partial charge in [-0.1, -0.05) is 23.5 Å². The summed E-state index contributed by atoms with van der Waals surface area (Å²) < 4.78 is 6.11. The average molecular weight is 274 g/mol. The third-order valence-electron chi connectivity index (χ3n) is 3.09. The van der Waals surface area contributed by atoms with Gasteiger partial charge in [0.2, 0.25) is 0 Å². The molecule has 0 aliphatic carbocycles. The Balaban J connectivity index is 2.15. The zero-order chi connectivity index (χ0) is 13.6. The summed E-state index contributed by atoms with van der Waals surface area (Å²) in [6.45, 7) is 8.43. The van der Waals surface area contributed by atoms with E-state index in [1.165, 1.54) is 4.88 Å². The van der Waals surface area contributed by atoms with Gasteiger partial charge in [0.15, 0.2) is 5.13 Å². The van der Waals surface area contributed by atoms with Crippen LogP contribution < -0.4 is 10.1 Å². The Kier molecular flexibility index (Phi) is 2.78. The zero-order valence-corrected chi connectivity index (χ0v) is 12.5. The third kappa shape index (κ3) is 2.10. The van der Waals surface area contributed by atoms with Crippen LogP contribution in [-0.4, -0.2) is 11.0 Å². The predicted octanol–water partition coefficient (Wildman–Crippen LogP) is 4.26. The Morgan fingerprint density at radius 1 is 1.26 bits per heavy atom. The molecule has 0 fully saturated rings.